The zero-order valence-corrected chi connectivity index (χ0v) is 9.61. The van der Waals surface area contributed by atoms with Crippen LogP contribution in [0, 0.1) is 0 Å². The van der Waals surface area contributed by atoms with Crippen LogP contribution < -0.4 is 0 Å². The highest BCUT2D eigenvalue weighted by Gasteiger charge is 2.23. The molecule has 84 valence electrons. The summed E-state index contributed by atoms with van der Waals surface area (Å²) >= 11 is 0. The molecule has 0 N–H and O–H groups in total. The number of furan rings is 1. The van der Waals surface area contributed by atoms with Crippen LogP contribution in [0.5, 0.6) is 0 Å². The lowest BCUT2D eigenvalue weighted by atomic mass is 9.97. The molecular weight excluding hydrogens is 186 g/mol. The molecule has 0 bridgehead atoms. The summed E-state index contributed by atoms with van der Waals surface area (Å²) in [5.41, 5.74) is 1.37. The predicted molar refractivity (Wildman–Crippen MR) is 61.8 cm³/mol. The number of hydrogen-bond donors (Lipinski definition) is 0. The standard InChI is InChI=1S/C13H21NO/c1-2-3-8-14-9-5-4-6-13(14)12-7-10-15-11-12/h7,10-11,13H,2-6,8-9H2,1H3. The van der Waals surface area contributed by atoms with E-state index in [2.05, 4.69) is 17.9 Å². The summed E-state index contributed by atoms with van der Waals surface area (Å²) in [5.74, 6) is 0. The summed E-state index contributed by atoms with van der Waals surface area (Å²) in [6.07, 6.45) is 10.3. The smallest absolute Gasteiger partial charge is 0.0950 e. The lowest BCUT2D eigenvalue weighted by Crippen LogP contribution is -2.33. The van der Waals surface area contributed by atoms with Crippen LogP contribution in [-0.2, 0) is 0 Å². The molecule has 2 heteroatoms. The van der Waals surface area contributed by atoms with Crippen LogP contribution in [0.4, 0.5) is 0 Å². The average molecular weight is 207 g/mol. The van der Waals surface area contributed by atoms with Gasteiger partial charge in [0.2, 0.25) is 0 Å². The van der Waals surface area contributed by atoms with E-state index < -0.39 is 0 Å². The molecule has 1 saturated heterocycles. The van der Waals surface area contributed by atoms with Crippen LogP contribution >= 0.6 is 0 Å². The van der Waals surface area contributed by atoms with Gasteiger partial charge in [0.25, 0.3) is 0 Å². The SMILES string of the molecule is CCCCN1CCCCC1c1ccoc1. The Kier molecular flexibility index (Phi) is 3.84. The second kappa shape index (κ2) is 5.36. The molecule has 2 rings (SSSR count). The molecule has 1 unspecified atom stereocenters. The Labute approximate surface area is 92.3 Å². The molecule has 0 saturated carbocycles. The quantitative estimate of drug-likeness (QED) is 0.750. The van der Waals surface area contributed by atoms with Gasteiger partial charge in [-0.15, -0.1) is 0 Å². The highest BCUT2D eigenvalue weighted by atomic mass is 16.3. The molecule has 0 amide bonds. The molecule has 1 aromatic rings. The fraction of sp³-hybridized carbons (Fsp3) is 0.692. The Balaban J connectivity index is 1.99. The summed E-state index contributed by atoms with van der Waals surface area (Å²) in [6.45, 7) is 4.76. The van der Waals surface area contributed by atoms with Crippen molar-refractivity contribution in [2.45, 2.75) is 45.1 Å². The molecule has 15 heavy (non-hydrogen) atoms. The minimum atomic E-state index is 0.615. The molecule has 1 atom stereocenters. The summed E-state index contributed by atoms with van der Waals surface area (Å²) in [4.78, 5) is 2.62. The maximum absolute atomic E-state index is 5.19. The van der Waals surface area contributed by atoms with Crippen LogP contribution in [0.15, 0.2) is 23.0 Å². The molecule has 0 aromatic carbocycles. The zero-order chi connectivity index (χ0) is 10.5. The Morgan fingerprint density at radius 1 is 1.47 bits per heavy atom. The van der Waals surface area contributed by atoms with Crippen LogP contribution in [0.3, 0.4) is 0 Å². The molecule has 2 heterocycles. The molecule has 0 radical (unpaired) electrons. The first-order valence-corrected chi connectivity index (χ1v) is 6.18. The predicted octanol–water partition coefficient (Wildman–Crippen LogP) is 3.61. The summed E-state index contributed by atoms with van der Waals surface area (Å²) in [7, 11) is 0. The second-order valence-corrected chi connectivity index (χ2v) is 4.46. The second-order valence-electron chi connectivity index (χ2n) is 4.46. The van der Waals surface area contributed by atoms with Crippen LogP contribution in [0.2, 0.25) is 0 Å². The topological polar surface area (TPSA) is 16.4 Å². The van der Waals surface area contributed by atoms with E-state index in [0.29, 0.717) is 6.04 Å². The first-order valence-electron chi connectivity index (χ1n) is 6.18. The summed E-state index contributed by atoms with van der Waals surface area (Å²) in [5, 5.41) is 0. The highest BCUT2D eigenvalue weighted by Crippen LogP contribution is 2.31. The van der Waals surface area contributed by atoms with Crippen molar-refractivity contribution in [1.29, 1.82) is 0 Å². The van der Waals surface area contributed by atoms with Gasteiger partial charge in [0.15, 0.2) is 0 Å². The van der Waals surface area contributed by atoms with Crippen molar-refractivity contribution in [3.63, 3.8) is 0 Å². The fourth-order valence-corrected chi connectivity index (χ4v) is 2.46. The molecule has 2 nitrogen and oxygen atoms in total. The van der Waals surface area contributed by atoms with Crippen molar-refractivity contribution in [3.8, 4) is 0 Å². The maximum Gasteiger partial charge on any atom is 0.0950 e. The molecular formula is C13H21NO. The number of unbranched alkanes of at least 4 members (excludes halogenated alkanes) is 1. The maximum atomic E-state index is 5.19. The van der Waals surface area contributed by atoms with Crippen LogP contribution in [0.25, 0.3) is 0 Å². The Morgan fingerprint density at radius 3 is 3.13 bits per heavy atom. The third-order valence-electron chi connectivity index (χ3n) is 3.34. The van der Waals surface area contributed by atoms with E-state index in [9.17, 15) is 0 Å². The van der Waals surface area contributed by atoms with Crippen molar-refractivity contribution in [2.75, 3.05) is 13.1 Å². The third kappa shape index (κ3) is 2.63. The first kappa shape index (κ1) is 10.7. The Bertz CT molecular complexity index is 268. The number of likely N-dealkylation sites (tertiary alicyclic amines) is 1. The lowest BCUT2D eigenvalue weighted by Gasteiger charge is -2.35. The number of hydrogen-bond acceptors (Lipinski definition) is 2. The van der Waals surface area contributed by atoms with Crippen molar-refractivity contribution in [3.05, 3.63) is 24.2 Å². The van der Waals surface area contributed by atoms with Crippen molar-refractivity contribution in [2.24, 2.45) is 0 Å². The largest absolute Gasteiger partial charge is 0.472 e. The van der Waals surface area contributed by atoms with Gasteiger partial charge in [0, 0.05) is 11.6 Å². The van der Waals surface area contributed by atoms with Crippen LogP contribution in [0.1, 0.15) is 50.6 Å². The Hall–Kier alpha value is -0.760. The Morgan fingerprint density at radius 2 is 2.40 bits per heavy atom. The van der Waals surface area contributed by atoms with Gasteiger partial charge in [-0.2, -0.15) is 0 Å². The fourth-order valence-electron chi connectivity index (χ4n) is 2.46. The van der Waals surface area contributed by atoms with Gasteiger partial charge in [-0.1, -0.05) is 19.8 Å². The van der Waals surface area contributed by atoms with Gasteiger partial charge >= 0.3 is 0 Å². The first-order chi connectivity index (χ1) is 7.42. The normalized spacial score (nSPS) is 23.1. The van der Waals surface area contributed by atoms with E-state index in [1.165, 1.54) is 50.8 Å². The van der Waals surface area contributed by atoms with E-state index in [-0.39, 0.29) is 0 Å². The minimum absolute atomic E-state index is 0.615. The van der Waals surface area contributed by atoms with Gasteiger partial charge in [-0.05, 0) is 38.4 Å². The molecule has 0 spiro atoms. The lowest BCUT2D eigenvalue weighted by molar-refractivity contribution is 0.146. The summed E-state index contributed by atoms with van der Waals surface area (Å²) in [6, 6.07) is 2.73. The van der Waals surface area contributed by atoms with Gasteiger partial charge in [-0.3, -0.25) is 4.90 Å². The van der Waals surface area contributed by atoms with E-state index in [0.717, 1.165) is 0 Å². The van der Waals surface area contributed by atoms with E-state index in [1.54, 1.807) is 6.26 Å². The van der Waals surface area contributed by atoms with E-state index in [4.69, 9.17) is 4.42 Å². The number of nitrogens with zero attached hydrogens (tertiary/aromatic N) is 1. The third-order valence-corrected chi connectivity index (χ3v) is 3.34. The van der Waals surface area contributed by atoms with Crippen molar-refractivity contribution >= 4 is 0 Å². The number of piperidine rings is 1. The summed E-state index contributed by atoms with van der Waals surface area (Å²) < 4.78 is 5.19. The molecule has 0 aliphatic carbocycles. The van der Waals surface area contributed by atoms with E-state index in [1.807, 2.05) is 6.26 Å². The molecule has 1 aliphatic heterocycles. The van der Waals surface area contributed by atoms with Crippen molar-refractivity contribution in [1.82, 2.24) is 4.90 Å². The molecule has 1 fully saturated rings. The van der Waals surface area contributed by atoms with Crippen LogP contribution in [-0.4, -0.2) is 18.0 Å². The highest BCUT2D eigenvalue weighted by molar-refractivity contribution is 5.12. The van der Waals surface area contributed by atoms with E-state index >= 15 is 0 Å². The number of rotatable bonds is 4. The van der Waals surface area contributed by atoms with Gasteiger partial charge < -0.3 is 4.42 Å². The van der Waals surface area contributed by atoms with Gasteiger partial charge in [-0.25, -0.2) is 0 Å². The monoisotopic (exact) mass is 207 g/mol. The molecule has 1 aromatic heterocycles. The van der Waals surface area contributed by atoms with Gasteiger partial charge in [0.05, 0.1) is 12.5 Å². The van der Waals surface area contributed by atoms with Crippen molar-refractivity contribution < 1.29 is 4.42 Å². The average Bonchev–Trinajstić information content (AvgIpc) is 2.80. The minimum Gasteiger partial charge on any atom is -0.472 e. The zero-order valence-electron chi connectivity index (χ0n) is 9.61. The molecule has 1 aliphatic rings. The van der Waals surface area contributed by atoms with Gasteiger partial charge in [0.1, 0.15) is 0 Å².